The lowest BCUT2D eigenvalue weighted by Gasteiger charge is -2.36. The molecule has 0 saturated carbocycles. The van der Waals surface area contributed by atoms with E-state index >= 15 is 0 Å². The van der Waals surface area contributed by atoms with Gasteiger partial charge in [0.15, 0.2) is 17.5 Å². The van der Waals surface area contributed by atoms with Gasteiger partial charge in [0, 0.05) is 12.6 Å². The molecule has 1 aromatic carbocycles. The van der Waals surface area contributed by atoms with Gasteiger partial charge in [-0.15, -0.1) is 0 Å². The number of carbonyl (C=O) groups excluding carboxylic acids is 1. The molecule has 1 aliphatic rings. The number of carbonyl (C=O) groups is 1. The third kappa shape index (κ3) is 4.26. The fourth-order valence-corrected chi connectivity index (χ4v) is 3.90. The molecule has 1 unspecified atom stereocenters. The third-order valence-electron chi connectivity index (χ3n) is 4.38. The number of hydrogen-bond donors (Lipinski definition) is 0. The Morgan fingerprint density at radius 2 is 1.92 bits per heavy atom. The first kappa shape index (κ1) is 19.6. The summed E-state index contributed by atoms with van der Waals surface area (Å²) >= 11 is 0. The molecule has 1 fully saturated rings. The van der Waals surface area contributed by atoms with E-state index in [9.17, 15) is 26.4 Å². The van der Waals surface area contributed by atoms with E-state index in [2.05, 4.69) is 0 Å². The van der Waals surface area contributed by atoms with Crippen molar-refractivity contribution in [3.8, 4) is 0 Å². The summed E-state index contributed by atoms with van der Waals surface area (Å²) < 4.78 is 65.2. The number of benzene rings is 1. The lowest BCUT2D eigenvalue weighted by Crippen LogP contribution is -2.49. The highest BCUT2D eigenvalue weighted by Gasteiger charge is 2.31. The zero-order valence-corrected chi connectivity index (χ0v) is 15.0. The normalized spacial score (nSPS) is 18.3. The third-order valence-corrected chi connectivity index (χ3v) is 5.51. The quantitative estimate of drug-likeness (QED) is 0.740. The van der Waals surface area contributed by atoms with Crippen molar-refractivity contribution in [3.63, 3.8) is 0 Å². The summed E-state index contributed by atoms with van der Waals surface area (Å²) in [5, 5.41) is 0. The number of hydrogen-bond acceptors (Lipinski definition) is 3. The molecule has 0 aromatic heterocycles. The molecule has 1 atom stereocenters. The van der Waals surface area contributed by atoms with E-state index in [4.69, 9.17) is 0 Å². The number of halogens is 3. The fourth-order valence-electron chi connectivity index (χ4n) is 3.06. The zero-order chi connectivity index (χ0) is 18.8. The number of nitrogens with zero attached hydrogens (tertiary/aromatic N) is 2. The topological polar surface area (TPSA) is 57.7 Å². The summed E-state index contributed by atoms with van der Waals surface area (Å²) in [7, 11) is -4.07. The first-order valence-electron chi connectivity index (χ1n) is 8.07. The van der Waals surface area contributed by atoms with Crippen LogP contribution in [0.3, 0.4) is 0 Å². The molecule has 1 saturated heterocycles. The van der Waals surface area contributed by atoms with Gasteiger partial charge < -0.3 is 4.90 Å². The van der Waals surface area contributed by atoms with Crippen LogP contribution in [0.4, 0.5) is 18.9 Å². The summed E-state index contributed by atoms with van der Waals surface area (Å²) in [6, 6.07) is 1.44. The van der Waals surface area contributed by atoms with E-state index in [0.717, 1.165) is 38.0 Å². The van der Waals surface area contributed by atoms with Crippen LogP contribution >= 0.6 is 0 Å². The Morgan fingerprint density at radius 3 is 2.52 bits per heavy atom. The number of sulfonamides is 1. The molecule has 1 aliphatic heterocycles. The first-order chi connectivity index (χ1) is 11.7. The van der Waals surface area contributed by atoms with Crippen molar-refractivity contribution in [2.24, 2.45) is 0 Å². The predicted molar refractivity (Wildman–Crippen MR) is 88.1 cm³/mol. The molecule has 0 spiro atoms. The minimum absolute atomic E-state index is 0.00235. The van der Waals surface area contributed by atoms with Crippen LogP contribution in [0.25, 0.3) is 0 Å². The summed E-state index contributed by atoms with van der Waals surface area (Å²) in [5.41, 5.74) is -0.681. The predicted octanol–water partition coefficient (Wildman–Crippen LogP) is 2.66. The average molecular weight is 378 g/mol. The van der Waals surface area contributed by atoms with Crippen LogP contribution in [-0.4, -0.2) is 44.6 Å². The second-order valence-corrected chi connectivity index (χ2v) is 8.02. The van der Waals surface area contributed by atoms with Crippen LogP contribution in [0.15, 0.2) is 12.1 Å². The molecular weight excluding hydrogens is 357 g/mol. The second-order valence-electron chi connectivity index (χ2n) is 6.11. The zero-order valence-electron chi connectivity index (χ0n) is 14.1. The number of rotatable bonds is 5. The molecule has 1 amide bonds. The van der Waals surface area contributed by atoms with Gasteiger partial charge in [0.1, 0.15) is 6.54 Å². The molecule has 25 heavy (non-hydrogen) atoms. The van der Waals surface area contributed by atoms with Crippen molar-refractivity contribution in [2.45, 2.75) is 38.6 Å². The SMILES string of the molecule is CCC1CCCCN1C(=O)CN(c1ccc(F)c(F)c1F)S(C)(=O)=O. The van der Waals surface area contributed by atoms with E-state index in [0.29, 0.717) is 16.9 Å². The van der Waals surface area contributed by atoms with E-state index in [1.807, 2.05) is 6.92 Å². The first-order valence-corrected chi connectivity index (χ1v) is 9.92. The number of amides is 1. The van der Waals surface area contributed by atoms with Crippen LogP contribution < -0.4 is 4.31 Å². The fraction of sp³-hybridized carbons (Fsp3) is 0.562. The maximum Gasteiger partial charge on any atom is 0.243 e. The van der Waals surface area contributed by atoms with E-state index in [1.165, 1.54) is 0 Å². The van der Waals surface area contributed by atoms with E-state index < -0.39 is 45.6 Å². The van der Waals surface area contributed by atoms with Crippen LogP contribution in [-0.2, 0) is 14.8 Å². The highest BCUT2D eigenvalue weighted by Crippen LogP contribution is 2.26. The highest BCUT2D eigenvalue weighted by molar-refractivity contribution is 7.92. The maximum absolute atomic E-state index is 14.0. The molecule has 0 bridgehead atoms. The largest absolute Gasteiger partial charge is 0.338 e. The van der Waals surface area contributed by atoms with Crippen molar-refractivity contribution in [3.05, 3.63) is 29.6 Å². The molecule has 1 heterocycles. The van der Waals surface area contributed by atoms with Crippen LogP contribution in [0.2, 0.25) is 0 Å². The second kappa shape index (κ2) is 7.63. The van der Waals surface area contributed by atoms with Gasteiger partial charge in [-0.05, 0) is 37.8 Å². The Balaban J connectivity index is 2.34. The summed E-state index contributed by atoms with van der Waals surface area (Å²) in [6.07, 6.45) is 4.12. The number of anilines is 1. The Morgan fingerprint density at radius 1 is 1.24 bits per heavy atom. The Kier molecular flexibility index (Phi) is 5.97. The highest BCUT2D eigenvalue weighted by atomic mass is 32.2. The van der Waals surface area contributed by atoms with Crippen LogP contribution in [0, 0.1) is 17.5 Å². The average Bonchev–Trinajstić information content (AvgIpc) is 2.57. The minimum Gasteiger partial charge on any atom is -0.338 e. The molecule has 9 heteroatoms. The monoisotopic (exact) mass is 378 g/mol. The molecule has 0 radical (unpaired) electrons. The lowest BCUT2D eigenvalue weighted by molar-refractivity contribution is -0.133. The number of piperidine rings is 1. The molecule has 2 rings (SSSR count). The van der Waals surface area contributed by atoms with Gasteiger partial charge in [-0.2, -0.15) is 0 Å². The van der Waals surface area contributed by atoms with Crippen molar-refractivity contribution in [2.75, 3.05) is 23.7 Å². The molecular formula is C16H21F3N2O3S. The van der Waals surface area contributed by atoms with E-state index in [-0.39, 0.29) is 6.04 Å². The van der Waals surface area contributed by atoms with Gasteiger partial charge in [0.25, 0.3) is 0 Å². The van der Waals surface area contributed by atoms with Gasteiger partial charge >= 0.3 is 0 Å². The Labute approximate surface area is 145 Å². The van der Waals surface area contributed by atoms with Crippen LogP contribution in [0.5, 0.6) is 0 Å². The lowest BCUT2D eigenvalue weighted by atomic mass is 10.00. The minimum atomic E-state index is -4.07. The summed E-state index contributed by atoms with van der Waals surface area (Å²) in [4.78, 5) is 14.2. The molecule has 5 nitrogen and oxygen atoms in total. The van der Waals surface area contributed by atoms with Crippen molar-refractivity contribution < 1.29 is 26.4 Å². The van der Waals surface area contributed by atoms with Gasteiger partial charge in [0.05, 0.1) is 11.9 Å². The van der Waals surface area contributed by atoms with E-state index in [1.54, 1.807) is 4.90 Å². The smallest absolute Gasteiger partial charge is 0.243 e. The molecule has 140 valence electrons. The Bertz CT molecular complexity index is 755. The standard InChI is InChI=1S/C16H21F3N2O3S/c1-3-11-6-4-5-9-20(11)14(22)10-21(25(2,23)24)13-8-7-12(17)15(18)16(13)19/h7-8,11H,3-6,9-10H2,1-2H3. The molecule has 0 aliphatic carbocycles. The molecule has 1 aromatic rings. The van der Waals surface area contributed by atoms with Crippen molar-refractivity contribution >= 4 is 21.6 Å². The Hall–Kier alpha value is -1.77. The van der Waals surface area contributed by atoms with Gasteiger partial charge in [-0.25, -0.2) is 21.6 Å². The molecule has 0 N–H and O–H groups in total. The van der Waals surface area contributed by atoms with Gasteiger partial charge in [-0.3, -0.25) is 9.10 Å². The van der Waals surface area contributed by atoms with Crippen molar-refractivity contribution in [1.82, 2.24) is 4.90 Å². The number of likely N-dealkylation sites (tertiary alicyclic amines) is 1. The summed E-state index contributed by atoms with van der Waals surface area (Å²) in [5.74, 6) is -5.32. The van der Waals surface area contributed by atoms with Crippen LogP contribution in [0.1, 0.15) is 32.6 Å². The van der Waals surface area contributed by atoms with Gasteiger partial charge in [0.2, 0.25) is 15.9 Å². The summed E-state index contributed by atoms with van der Waals surface area (Å²) in [6.45, 7) is 1.77. The maximum atomic E-state index is 14.0. The van der Waals surface area contributed by atoms with Gasteiger partial charge in [-0.1, -0.05) is 6.92 Å². The van der Waals surface area contributed by atoms with Crippen molar-refractivity contribution in [1.29, 1.82) is 0 Å².